The fourth-order valence-electron chi connectivity index (χ4n) is 2.81. The summed E-state index contributed by atoms with van der Waals surface area (Å²) in [5.41, 5.74) is 0.125. The first kappa shape index (κ1) is 18.1. The summed E-state index contributed by atoms with van der Waals surface area (Å²) in [4.78, 5) is 25.6. The number of fused-ring (bicyclic) bond motifs is 1. The Morgan fingerprint density at radius 3 is 2.69 bits per heavy atom. The van der Waals surface area contributed by atoms with Crippen LogP contribution in [0, 0.1) is 11.6 Å². The summed E-state index contributed by atoms with van der Waals surface area (Å²) in [5, 5.41) is 5.14. The highest BCUT2D eigenvalue weighted by atomic mass is 32.1. The number of benzene rings is 1. The zero-order chi connectivity index (χ0) is 18.8. The monoisotopic (exact) mass is 378 g/mol. The van der Waals surface area contributed by atoms with E-state index in [2.05, 4.69) is 5.32 Å². The van der Waals surface area contributed by atoms with Gasteiger partial charge in [-0.15, -0.1) is 11.3 Å². The summed E-state index contributed by atoms with van der Waals surface area (Å²) in [7, 11) is 1.27. The summed E-state index contributed by atoms with van der Waals surface area (Å²) in [6.07, 6.45) is 0.361. The minimum Gasteiger partial charge on any atom is -0.464 e. The smallest absolute Gasteiger partial charge is 0.354 e. The van der Waals surface area contributed by atoms with E-state index in [1.807, 2.05) is 11.4 Å². The lowest BCUT2D eigenvalue weighted by atomic mass is 10.2. The third-order valence-corrected chi connectivity index (χ3v) is 4.96. The molecule has 0 saturated carbocycles. The summed E-state index contributed by atoms with van der Waals surface area (Å²) in [6.45, 7) is 1.78. The van der Waals surface area contributed by atoms with Gasteiger partial charge >= 0.3 is 5.97 Å². The number of hydrogen-bond donors (Lipinski definition) is 1. The van der Waals surface area contributed by atoms with E-state index in [0.29, 0.717) is 12.5 Å². The van der Waals surface area contributed by atoms with Crippen molar-refractivity contribution in [1.82, 2.24) is 4.57 Å². The van der Waals surface area contributed by atoms with Crippen LogP contribution < -0.4 is 5.32 Å². The number of methoxy groups -OCH3 is 1. The van der Waals surface area contributed by atoms with Crippen molar-refractivity contribution >= 4 is 39.1 Å². The Kier molecular flexibility index (Phi) is 5.03. The zero-order valence-electron chi connectivity index (χ0n) is 14.1. The molecule has 0 aliphatic heterocycles. The molecule has 0 spiro atoms. The molecule has 8 heteroatoms. The molecule has 0 saturated heterocycles. The van der Waals surface area contributed by atoms with Gasteiger partial charge in [0.1, 0.15) is 28.2 Å². The number of carbonyl (C=O) groups excluding carboxylic acids is 2. The second kappa shape index (κ2) is 7.25. The van der Waals surface area contributed by atoms with Crippen molar-refractivity contribution < 1.29 is 23.1 Å². The molecule has 1 amide bonds. The second-order valence-corrected chi connectivity index (χ2v) is 6.50. The van der Waals surface area contributed by atoms with Crippen LogP contribution in [0.4, 0.5) is 14.5 Å². The molecule has 0 fully saturated rings. The van der Waals surface area contributed by atoms with Gasteiger partial charge in [-0.25, -0.2) is 13.6 Å². The number of thiophene rings is 1. The molecule has 1 N–H and O–H groups in total. The van der Waals surface area contributed by atoms with E-state index in [1.165, 1.54) is 18.4 Å². The van der Waals surface area contributed by atoms with Crippen molar-refractivity contribution in [2.24, 2.45) is 0 Å². The Morgan fingerprint density at radius 1 is 1.27 bits per heavy atom. The quantitative estimate of drug-likeness (QED) is 0.671. The van der Waals surface area contributed by atoms with Gasteiger partial charge in [-0.2, -0.15) is 0 Å². The Bertz CT molecular complexity index is 980. The number of hydrogen-bond acceptors (Lipinski definition) is 4. The maximum atomic E-state index is 13.9. The molecule has 3 aromatic rings. The van der Waals surface area contributed by atoms with E-state index >= 15 is 0 Å². The Hall–Kier alpha value is -2.74. The number of ether oxygens (including phenoxy) is 1. The van der Waals surface area contributed by atoms with E-state index in [1.54, 1.807) is 17.6 Å². The molecule has 1 unspecified atom stereocenters. The fourth-order valence-corrected chi connectivity index (χ4v) is 3.75. The van der Waals surface area contributed by atoms with Crippen LogP contribution in [-0.4, -0.2) is 23.6 Å². The van der Waals surface area contributed by atoms with Crippen LogP contribution in [0.25, 0.3) is 10.2 Å². The van der Waals surface area contributed by atoms with Gasteiger partial charge in [-0.3, -0.25) is 4.79 Å². The van der Waals surface area contributed by atoms with E-state index in [-0.39, 0.29) is 11.4 Å². The Balaban J connectivity index is 2.00. The van der Waals surface area contributed by atoms with Crippen molar-refractivity contribution in [3.63, 3.8) is 0 Å². The summed E-state index contributed by atoms with van der Waals surface area (Å²) in [5.74, 6) is -2.66. The molecule has 1 aromatic carbocycles. The molecule has 2 aromatic heterocycles. The molecule has 0 aliphatic carbocycles. The highest BCUT2D eigenvalue weighted by Gasteiger charge is 2.27. The van der Waals surface area contributed by atoms with Crippen LogP contribution in [0.5, 0.6) is 0 Å². The molecule has 2 heterocycles. The van der Waals surface area contributed by atoms with Crippen molar-refractivity contribution in [2.75, 3.05) is 12.4 Å². The maximum absolute atomic E-state index is 13.9. The first-order valence-corrected chi connectivity index (χ1v) is 8.76. The van der Waals surface area contributed by atoms with Crippen molar-refractivity contribution in [1.29, 1.82) is 0 Å². The van der Waals surface area contributed by atoms with Crippen LogP contribution in [0.15, 0.2) is 35.7 Å². The number of rotatable bonds is 5. The predicted octanol–water partition coefficient (Wildman–Crippen LogP) is 4.36. The number of aromatic nitrogens is 1. The molecule has 26 heavy (non-hydrogen) atoms. The summed E-state index contributed by atoms with van der Waals surface area (Å²) < 4.78 is 33.3. The van der Waals surface area contributed by atoms with Gasteiger partial charge in [-0.1, -0.05) is 6.92 Å². The number of nitrogens with one attached hydrogen (secondary N) is 1. The second-order valence-electron chi connectivity index (χ2n) is 5.61. The SMILES string of the molecule is CCC(C(=O)Nc1ccc(F)cc1F)n1c(C(=O)OC)cc2ccsc21. The number of carbonyl (C=O) groups is 2. The van der Waals surface area contributed by atoms with Gasteiger partial charge in [0.15, 0.2) is 0 Å². The van der Waals surface area contributed by atoms with E-state index < -0.39 is 29.6 Å². The number of anilines is 1. The Morgan fingerprint density at radius 2 is 2.04 bits per heavy atom. The van der Waals surface area contributed by atoms with Crippen LogP contribution >= 0.6 is 11.3 Å². The van der Waals surface area contributed by atoms with Gasteiger partial charge in [0.2, 0.25) is 5.91 Å². The van der Waals surface area contributed by atoms with Crippen molar-refractivity contribution in [2.45, 2.75) is 19.4 Å². The fraction of sp³-hybridized carbons (Fsp3) is 0.222. The highest BCUT2D eigenvalue weighted by Crippen LogP contribution is 2.31. The average Bonchev–Trinajstić information content (AvgIpc) is 3.19. The number of esters is 1. The highest BCUT2D eigenvalue weighted by molar-refractivity contribution is 7.16. The Labute approximate surface area is 152 Å². The van der Waals surface area contributed by atoms with Crippen LogP contribution in [-0.2, 0) is 9.53 Å². The van der Waals surface area contributed by atoms with Gasteiger partial charge in [0.05, 0.1) is 12.8 Å². The third-order valence-electron chi connectivity index (χ3n) is 4.03. The van der Waals surface area contributed by atoms with Gasteiger partial charge in [0.25, 0.3) is 0 Å². The standard InChI is InChI=1S/C18H16F2N2O3S/c1-3-14(16(23)21-13-5-4-11(19)9-12(13)20)22-15(18(24)25-2)8-10-6-7-26-17(10)22/h4-9,14H,3H2,1-2H3,(H,21,23). The maximum Gasteiger partial charge on any atom is 0.354 e. The third kappa shape index (κ3) is 3.20. The molecule has 1 atom stereocenters. The average molecular weight is 378 g/mol. The van der Waals surface area contributed by atoms with E-state index in [9.17, 15) is 18.4 Å². The normalized spacial score (nSPS) is 12.2. The van der Waals surface area contributed by atoms with Crippen molar-refractivity contribution in [3.05, 3.63) is 53.0 Å². The number of amides is 1. The molecule has 0 aliphatic rings. The van der Waals surface area contributed by atoms with E-state index in [4.69, 9.17) is 4.74 Å². The first-order chi connectivity index (χ1) is 12.5. The molecule has 5 nitrogen and oxygen atoms in total. The lowest BCUT2D eigenvalue weighted by Gasteiger charge is -2.20. The predicted molar refractivity (Wildman–Crippen MR) is 95.5 cm³/mol. The lowest BCUT2D eigenvalue weighted by molar-refractivity contribution is -0.119. The topological polar surface area (TPSA) is 60.3 Å². The summed E-state index contributed by atoms with van der Waals surface area (Å²) in [6, 6.07) is 5.66. The molecular weight excluding hydrogens is 362 g/mol. The minimum absolute atomic E-state index is 0.121. The van der Waals surface area contributed by atoms with Crippen LogP contribution in [0.2, 0.25) is 0 Å². The molecule has 0 bridgehead atoms. The number of halogens is 2. The first-order valence-electron chi connectivity index (χ1n) is 7.89. The van der Waals surface area contributed by atoms with Crippen LogP contribution in [0.1, 0.15) is 29.9 Å². The van der Waals surface area contributed by atoms with Gasteiger partial charge in [-0.05, 0) is 36.1 Å². The molecular formula is C18H16F2N2O3S. The largest absolute Gasteiger partial charge is 0.464 e. The molecule has 136 valence electrons. The minimum atomic E-state index is -0.866. The molecule has 0 radical (unpaired) electrons. The van der Waals surface area contributed by atoms with Crippen molar-refractivity contribution in [3.8, 4) is 0 Å². The number of nitrogens with zero attached hydrogens (tertiary/aromatic N) is 1. The van der Waals surface area contributed by atoms with Crippen LogP contribution in [0.3, 0.4) is 0 Å². The zero-order valence-corrected chi connectivity index (χ0v) is 14.9. The lowest BCUT2D eigenvalue weighted by Crippen LogP contribution is -2.28. The van der Waals surface area contributed by atoms with Gasteiger partial charge < -0.3 is 14.6 Å². The van der Waals surface area contributed by atoms with Gasteiger partial charge in [0, 0.05) is 11.5 Å². The summed E-state index contributed by atoms with van der Waals surface area (Å²) >= 11 is 1.39. The van der Waals surface area contributed by atoms with E-state index in [0.717, 1.165) is 22.3 Å². The molecule has 3 rings (SSSR count).